The number of hydrogen-bond acceptors (Lipinski definition) is 1. The van der Waals surface area contributed by atoms with Gasteiger partial charge in [-0.15, -0.1) is 0 Å². The van der Waals surface area contributed by atoms with Gasteiger partial charge in [-0.1, -0.05) is 34.1 Å². The summed E-state index contributed by atoms with van der Waals surface area (Å²) in [6.07, 6.45) is 7.60. The standard InChI is InChI=1S/C17H31N/c1-16(2)15(17(16,3)4)14(18-5)10-13-9-11-6-7-12(13)8-11/h11-15,18H,6-10H2,1-5H3. The third kappa shape index (κ3) is 1.69. The van der Waals surface area contributed by atoms with E-state index >= 15 is 0 Å². The van der Waals surface area contributed by atoms with Gasteiger partial charge in [0.1, 0.15) is 0 Å². The van der Waals surface area contributed by atoms with Crippen LogP contribution in [-0.2, 0) is 0 Å². The minimum absolute atomic E-state index is 0.526. The van der Waals surface area contributed by atoms with Crippen molar-refractivity contribution in [2.45, 2.75) is 65.8 Å². The fourth-order valence-electron chi connectivity index (χ4n) is 5.67. The molecule has 1 N–H and O–H groups in total. The van der Waals surface area contributed by atoms with Crippen molar-refractivity contribution in [1.82, 2.24) is 5.32 Å². The summed E-state index contributed by atoms with van der Waals surface area (Å²) >= 11 is 0. The van der Waals surface area contributed by atoms with Crippen LogP contribution in [0.3, 0.4) is 0 Å². The maximum atomic E-state index is 3.66. The summed E-state index contributed by atoms with van der Waals surface area (Å²) in [6.45, 7) is 9.84. The molecule has 0 saturated heterocycles. The molecule has 0 spiro atoms. The summed E-state index contributed by atoms with van der Waals surface area (Å²) in [5.74, 6) is 4.08. The van der Waals surface area contributed by atoms with Crippen LogP contribution >= 0.6 is 0 Å². The van der Waals surface area contributed by atoms with Crippen LogP contribution in [-0.4, -0.2) is 13.1 Å². The molecule has 0 heterocycles. The SMILES string of the molecule is CNC(CC1CC2CCC1C2)C1C(C)(C)C1(C)C. The van der Waals surface area contributed by atoms with Crippen LogP contribution in [0.25, 0.3) is 0 Å². The van der Waals surface area contributed by atoms with Gasteiger partial charge in [-0.05, 0) is 67.2 Å². The second kappa shape index (κ2) is 3.98. The fraction of sp³-hybridized carbons (Fsp3) is 1.00. The molecule has 1 nitrogen and oxygen atoms in total. The van der Waals surface area contributed by atoms with Gasteiger partial charge in [0.05, 0.1) is 0 Å². The number of rotatable bonds is 4. The Morgan fingerprint density at radius 2 is 1.72 bits per heavy atom. The van der Waals surface area contributed by atoms with Crippen LogP contribution < -0.4 is 5.32 Å². The minimum Gasteiger partial charge on any atom is -0.317 e. The van der Waals surface area contributed by atoms with E-state index in [0.29, 0.717) is 10.8 Å². The monoisotopic (exact) mass is 249 g/mol. The average Bonchev–Trinajstić information content (AvgIpc) is 2.76. The fourth-order valence-corrected chi connectivity index (χ4v) is 5.67. The van der Waals surface area contributed by atoms with E-state index in [-0.39, 0.29) is 0 Å². The third-order valence-electron chi connectivity index (χ3n) is 7.35. The Kier molecular flexibility index (Phi) is 2.86. The van der Waals surface area contributed by atoms with Gasteiger partial charge in [0.25, 0.3) is 0 Å². The van der Waals surface area contributed by atoms with Crippen molar-refractivity contribution in [1.29, 1.82) is 0 Å². The molecule has 0 aliphatic heterocycles. The molecule has 0 aromatic carbocycles. The average molecular weight is 249 g/mol. The van der Waals surface area contributed by atoms with E-state index in [0.717, 1.165) is 29.7 Å². The smallest absolute Gasteiger partial charge is 0.0106 e. The maximum Gasteiger partial charge on any atom is 0.0106 e. The predicted octanol–water partition coefficient (Wildman–Crippen LogP) is 4.08. The van der Waals surface area contributed by atoms with E-state index in [4.69, 9.17) is 0 Å². The predicted molar refractivity (Wildman–Crippen MR) is 77.5 cm³/mol. The van der Waals surface area contributed by atoms with Gasteiger partial charge in [-0.2, -0.15) is 0 Å². The molecule has 0 aromatic rings. The first-order valence-electron chi connectivity index (χ1n) is 8.05. The van der Waals surface area contributed by atoms with E-state index in [1.54, 1.807) is 6.42 Å². The highest BCUT2D eigenvalue weighted by molar-refractivity contribution is 5.16. The second-order valence-corrected chi connectivity index (χ2v) is 8.49. The Balaban J connectivity index is 1.65. The van der Waals surface area contributed by atoms with E-state index in [2.05, 4.69) is 40.1 Å². The molecule has 18 heavy (non-hydrogen) atoms. The van der Waals surface area contributed by atoms with Crippen molar-refractivity contribution in [2.24, 2.45) is 34.5 Å². The van der Waals surface area contributed by atoms with Crippen molar-refractivity contribution in [3.05, 3.63) is 0 Å². The van der Waals surface area contributed by atoms with E-state index in [1.807, 2.05) is 0 Å². The first-order chi connectivity index (χ1) is 8.38. The minimum atomic E-state index is 0.526. The van der Waals surface area contributed by atoms with Gasteiger partial charge >= 0.3 is 0 Å². The first kappa shape index (κ1) is 13.0. The molecule has 104 valence electrons. The molecular formula is C17H31N. The first-order valence-corrected chi connectivity index (χ1v) is 8.05. The molecule has 1 heteroatoms. The van der Waals surface area contributed by atoms with Crippen LogP contribution in [0.4, 0.5) is 0 Å². The quantitative estimate of drug-likeness (QED) is 0.791. The molecule has 0 aromatic heterocycles. The van der Waals surface area contributed by atoms with Crippen molar-refractivity contribution < 1.29 is 0 Å². The second-order valence-electron chi connectivity index (χ2n) is 8.49. The summed E-state index contributed by atoms with van der Waals surface area (Å²) in [6, 6.07) is 0.749. The van der Waals surface area contributed by atoms with Gasteiger partial charge in [0.15, 0.2) is 0 Å². The lowest BCUT2D eigenvalue weighted by Gasteiger charge is -2.28. The van der Waals surface area contributed by atoms with Crippen LogP contribution in [0.1, 0.15) is 59.8 Å². The Morgan fingerprint density at radius 1 is 1.06 bits per heavy atom. The van der Waals surface area contributed by atoms with E-state index < -0.39 is 0 Å². The molecule has 4 unspecified atom stereocenters. The maximum absolute atomic E-state index is 3.66. The topological polar surface area (TPSA) is 12.0 Å². The molecular weight excluding hydrogens is 218 g/mol. The number of hydrogen-bond donors (Lipinski definition) is 1. The van der Waals surface area contributed by atoms with E-state index in [1.165, 1.54) is 25.7 Å². The molecule has 3 aliphatic carbocycles. The summed E-state index contributed by atoms with van der Waals surface area (Å²) in [7, 11) is 2.18. The Labute approximate surface area is 113 Å². The molecule has 2 bridgehead atoms. The van der Waals surface area contributed by atoms with Gasteiger partial charge in [-0.25, -0.2) is 0 Å². The Morgan fingerprint density at radius 3 is 2.11 bits per heavy atom. The largest absolute Gasteiger partial charge is 0.317 e. The van der Waals surface area contributed by atoms with Crippen molar-refractivity contribution >= 4 is 0 Å². The molecule has 4 atom stereocenters. The zero-order valence-electron chi connectivity index (χ0n) is 12.9. The summed E-state index contributed by atoms with van der Waals surface area (Å²) < 4.78 is 0. The molecule has 3 aliphatic rings. The van der Waals surface area contributed by atoms with Crippen LogP contribution in [0, 0.1) is 34.5 Å². The highest BCUT2D eigenvalue weighted by Crippen LogP contribution is 2.70. The van der Waals surface area contributed by atoms with Gasteiger partial charge < -0.3 is 5.32 Å². The van der Waals surface area contributed by atoms with Crippen molar-refractivity contribution in [2.75, 3.05) is 7.05 Å². The summed E-state index contributed by atoms with van der Waals surface area (Å²) in [5.41, 5.74) is 1.05. The highest BCUT2D eigenvalue weighted by atomic mass is 14.9. The lowest BCUT2D eigenvalue weighted by atomic mass is 9.82. The Hall–Kier alpha value is -0.0400. The number of fused-ring (bicyclic) bond motifs is 2. The molecule has 3 saturated carbocycles. The van der Waals surface area contributed by atoms with Gasteiger partial charge in [0.2, 0.25) is 0 Å². The molecule has 3 rings (SSSR count). The summed E-state index contributed by atoms with van der Waals surface area (Å²) in [5, 5.41) is 3.66. The normalized spacial score (nSPS) is 42.2. The zero-order chi connectivity index (χ0) is 13.1. The zero-order valence-corrected chi connectivity index (χ0v) is 12.9. The van der Waals surface area contributed by atoms with Crippen molar-refractivity contribution in [3.8, 4) is 0 Å². The lowest BCUT2D eigenvalue weighted by Crippen LogP contribution is -2.33. The molecule has 0 radical (unpaired) electrons. The van der Waals surface area contributed by atoms with Crippen molar-refractivity contribution in [3.63, 3.8) is 0 Å². The number of nitrogens with one attached hydrogen (secondary N) is 1. The Bertz CT molecular complexity index is 317. The van der Waals surface area contributed by atoms with Gasteiger partial charge in [-0.3, -0.25) is 0 Å². The summed E-state index contributed by atoms with van der Waals surface area (Å²) in [4.78, 5) is 0. The van der Waals surface area contributed by atoms with Crippen LogP contribution in [0.5, 0.6) is 0 Å². The van der Waals surface area contributed by atoms with E-state index in [9.17, 15) is 0 Å². The molecule has 3 fully saturated rings. The van der Waals surface area contributed by atoms with Gasteiger partial charge in [0, 0.05) is 6.04 Å². The molecule has 0 amide bonds. The van der Waals surface area contributed by atoms with Crippen LogP contribution in [0.2, 0.25) is 0 Å². The third-order valence-corrected chi connectivity index (χ3v) is 7.35. The van der Waals surface area contributed by atoms with Crippen LogP contribution in [0.15, 0.2) is 0 Å². The highest BCUT2D eigenvalue weighted by Gasteiger charge is 2.67. The lowest BCUT2D eigenvalue weighted by molar-refractivity contribution is 0.257.